The molecule has 1 aliphatic carbocycles. The van der Waals surface area contributed by atoms with Gasteiger partial charge in [-0.2, -0.15) is 0 Å². The van der Waals surface area contributed by atoms with Crippen LogP contribution in [0.5, 0.6) is 0 Å². The topological polar surface area (TPSA) is 91.3 Å². The number of piperazine rings is 1. The predicted octanol–water partition coefficient (Wildman–Crippen LogP) is 2.33. The molecule has 8 nitrogen and oxygen atoms in total. The van der Waals surface area contributed by atoms with Crippen LogP contribution < -0.4 is 10.2 Å². The molecule has 2 aromatic heterocycles. The number of carbonyl (C=O) groups excluding carboxylic acids is 2. The lowest BCUT2D eigenvalue weighted by Crippen LogP contribution is -2.51. The van der Waals surface area contributed by atoms with E-state index < -0.39 is 0 Å². The maximum atomic E-state index is 12.7. The lowest BCUT2D eigenvalue weighted by molar-refractivity contribution is -0.137. The minimum Gasteiger partial charge on any atom is -0.352 e. The van der Waals surface area contributed by atoms with E-state index >= 15 is 0 Å². The number of Topliss-reactive ketones (excluding diaryl/α,β-unsaturated/α-hetero) is 1. The van der Waals surface area contributed by atoms with Gasteiger partial charge >= 0.3 is 0 Å². The SMILES string of the molecule is Cc1ccc(Nc2ccc(N3CCN(C(=O)C4CCC(=O)CC4)CC3)nn2)nc1. The standard InChI is InChI=1S/C21H26N6O2/c1-15-2-7-18(22-14-15)23-19-8-9-20(25-24-19)26-10-12-27(13-11-26)21(29)16-3-5-17(28)6-4-16/h2,7-9,14,16H,3-6,10-13H2,1H3,(H,22,23,24). The van der Waals surface area contributed by atoms with Crippen molar-refractivity contribution in [1.29, 1.82) is 0 Å². The van der Waals surface area contributed by atoms with E-state index in [0.29, 0.717) is 44.6 Å². The van der Waals surface area contributed by atoms with Crippen molar-refractivity contribution >= 4 is 29.1 Å². The Bertz CT molecular complexity index is 850. The molecule has 1 aliphatic heterocycles. The molecule has 0 unspecified atom stereocenters. The van der Waals surface area contributed by atoms with Gasteiger partial charge in [-0.3, -0.25) is 9.59 Å². The molecule has 0 radical (unpaired) electrons. The summed E-state index contributed by atoms with van der Waals surface area (Å²) in [5, 5.41) is 11.7. The highest BCUT2D eigenvalue weighted by Gasteiger charge is 2.30. The molecular formula is C21H26N6O2. The predicted molar refractivity (Wildman–Crippen MR) is 110 cm³/mol. The number of nitrogens with zero attached hydrogens (tertiary/aromatic N) is 5. The highest BCUT2D eigenvalue weighted by atomic mass is 16.2. The van der Waals surface area contributed by atoms with E-state index in [9.17, 15) is 9.59 Å². The van der Waals surface area contributed by atoms with Gasteiger partial charge in [0.05, 0.1) is 0 Å². The van der Waals surface area contributed by atoms with E-state index in [-0.39, 0.29) is 17.6 Å². The van der Waals surface area contributed by atoms with Crippen LogP contribution in [0.2, 0.25) is 0 Å². The van der Waals surface area contributed by atoms with E-state index in [1.165, 1.54) is 0 Å². The van der Waals surface area contributed by atoms with Crippen molar-refractivity contribution in [2.24, 2.45) is 5.92 Å². The van der Waals surface area contributed by atoms with Gasteiger partial charge in [0.2, 0.25) is 5.91 Å². The van der Waals surface area contributed by atoms with Gasteiger partial charge in [0.15, 0.2) is 11.6 Å². The lowest BCUT2D eigenvalue weighted by atomic mass is 9.87. The van der Waals surface area contributed by atoms with Gasteiger partial charge in [-0.1, -0.05) is 6.07 Å². The van der Waals surface area contributed by atoms with Crippen molar-refractivity contribution in [3.05, 3.63) is 36.0 Å². The maximum Gasteiger partial charge on any atom is 0.225 e. The zero-order chi connectivity index (χ0) is 20.2. The summed E-state index contributed by atoms with van der Waals surface area (Å²) in [6.07, 6.45) is 4.30. The second-order valence-corrected chi connectivity index (χ2v) is 7.75. The van der Waals surface area contributed by atoms with Crippen molar-refractivity contribution < 1.29 is 9.59 Å². The minimum atomic E-state index is 0.0137. The second-order valence-electron chi connectivity index (χ2n) is 7.75. The number of rotatable bonds is 4. The van der Waals surface area contributed by atoms with Crippen molar-refractivity contribution in [1.82, 2.24) is 20.1 Å². The Kier molecular flexibility index (Phi) is 5.69. The van der Waals surface area contributed by atoms with Crippen molar-refractivity contribution in [3.8, 4) is 0 Å². The third-order valence-corrected chi connectivity index (χ3v) is 5.63. The lowest BCUT2D eigenvalue weighted by Gasteiger charge is -2.37. The highest BCUT2D eigenvalue weighted by molar-refractivity contribution is 5.84. The first-order chi connectivity index (χ1) is 14.1. The molecular weight excluding hydrogens is 368 g/mol. The Labute approximate surface area is 170 Å². The number of hydrogen-bond donors (Lipinski definition) is 1. The number of ketones is 1. The number of aryl methyl sites for hydroxylation is 1. The van der Waals surface area contributed by atoms with Crippen LogP contribution in [0.15, 0.2) is 30.5 Å². The summed E-state index contributed by atoms with van der Waals surface area (Å²) in [5.74, 6) is 2.68. The molecule has 0 atom stereocenters. The Hall–Kier alpha value is -3.03. The van der Waals surface area contributed by atoms with Gasteiger partial charge in [-0.05, 0) is 43.5 Å². The number of aromatic nitrogens is 3. The van der Waals surface area contributed by atoms with Crippen LogP contribution in [0.25, 0.3) is 0 Å². The van der Waals surface area contributed by atoms with Gasteiger partial charge in [-0.25, -0.2) is 4.98 Å². The number of pyridine rings is 1. The van der Waals surface area contributed by atoms with Gasteiger partial charge in [0, 0.05) is 51.1 Å². The van der Waals surface area contributed by atoms with Crippen molar-refractivity contribution in [2.75, 3.05) is 36.4 Å². The number of anilines is 3. The van der Waals surface area contributed by atoms with Crippen LogP contribution in [-0.2, 0) is 9.59 Å². The molecule has 152 valence electrons. The van der Waals surface area contributed by atoms with Crippen LogP contribution >= 0.6 is 0 Å². The maximum absolute atomic E-state index is 12.7. The molecule has 1 saturated heterocycles. The summed E-state index contributed by atoms with van der Waals surface area (Å²) in [5.41, 5.74) is 1.10. The van der Waals surface area contributed by atoms with Gasteiger partial charge < -0.3 is 15.1 Å². The molecule has 1 amide bonds. The van der Waals surface area contributed by atoms with Gasteiger partial charge in [0.25, 0.3) is 0 Å². The van der Waals surface area contributed by atoms with Crippen LogP contribution in [0.1, 0.15) is 31.2 Å². The molecule has 1 N–H and O–H groups in total. The fourth-order valence-corrected chi connectivity index (χ4v) is 3.83. The first kappa shape index (κ1) is 19.3. The number of carbonyl (C=O) groups is 2. The number of hydrogen-bond acceptors (Lipinski definition) is 7. The molecule has 8 heteroatoms. The summed E-state index contributed by atoms with van der Waals surface area (Å²) in [6.45, 7) is 4.82. The second kappa shape index (κ2) is 8.55. The van der Waals surface area contributed by atoms with Gasteiger partial charge in [0.1, 0.15) is 11.6 Å². The molecule has 0 aromatic carbocycles. The highest BCUT2D eigenvalue weighted by Crippen LogP contribution is 2.24. The van der Waals surface area contributed by atoms with Gasteiger partial charge in [-0.15, -0.1) is 10.2 Å². The minimum absolute atomic E-state index is 0.0137. The quantitative estimate of drug-likeness (QED) is 0.851. The van der Waals surface area contributed by atoms with Crippen LogP contribution in [0.4, 0.5) is 17.5 Å². The first-order valence-corrected chi connectivity index (χ1v) is 10.2. The van der Waals surface area contributed by atoms with E-state index in [1.807, 2.05) is 36.1 Å². The number of amides is 1. The molecule has 0 spiro atoms. The average molecular weight is 394 g/mol. The monoisotopic (exact) mass is 394 g/mol. The van der Waals surface area contributed by atoms with Crippen molar-refractivity contribution in [2.45, 2.75) is 32.6 Å². The molecule has 4 rings (SSSR count). The fourth-order valence-electron chi connectivity index (χ4n) is 3.83. The van der Waals surface area contributed by atoms with Crippen molar-refractivity contribution in [3.63, 3.8) is 0 Å². The molecule has 2 aliphatic rings. The molecule has 2 fully saturated rings. The molecule has 1 saturated carbocycles. The third-order valence-electron chi connectivity index (χ3n) is 5.63. The van der Waals surface area contributed by atoms with E-state index in [2.05, 4.69) is 25.4 Å². The largest absolute Gasteiger partial charge is 0.352 e. The Morgan fingerprint density at radius 2 is 1.72 bits per heavy atom. The zero-order valence-corrected chi connectivity index (χ0v) is 16.7. The average Bonchev–Trinajstić information content (AvgIpc) is 2.76. The summed E-state index contributed by atoms with van der Waals surface area (Å²) >= 11 is 0. The smallest absolute Gasteiger partial charge is 0.225 e. The summed E-state index contributed by atoms with van der Waals surface area (Å²) in [4.78, 5) is 32.5. The molecule has 3 heterocycles. The van der Waals surface area contributed by atoms with E-state index in [1.54, 1.807) is 6.20 Å². The molecule has 0 bridgehead atoms. The summed E-state index contributed by atoms with van der Waals surface area (Å²) in [6, 6.07) is 7.72. The molecule has 2 aromatic rings. The Morgan fingerprint density at radius 1 is 1.00 bits per heavy atom. The van der Waals surface area contributed by atoms with Crippen LogP contribution in [-0.4, -0.2) is 58.0 Å². The zero-order valence-electron chi connectivity index (χ0n) is 16.7. The third kappa shape index (κ3) is 4.70. The normalized spacial score (nSPS) is 18.0. The van der Waals surface area contributed by atoms with E-state index in [0.717, 1.165) is 30.3 Å². The summed E-state index contributed by atoms with van der Waals surface area (Å²) in [7, 11) is 0. The fraction of sp³-hybridized carbons (Fsp3) is 0.476. The van der Waals surface area contributed by atoms with Crippen LogP contribution in [0, 0.1) is 12.8 Å². The first-order valence-electron chi connectivity index (χ1n) is 10.2. The summed E-state index contributed by atoms with van der Waals surface area (Å²) < 4.78 is 0. The van der Waals surface area contributed by atoms with E-state index in [4.69, 9.17) is 0 Å². The molecule has 29 heavy (non-hydrogen) atoms. The Morgan fingerprint density at radius 3 is 2.34 bits per heavy atom. The Balaban J connectivity index is 1.29. The number of nitrogens with one attached hydrogen (secondary N) is 1. The van der Waals surface area contributed by atoms with Crippen LogP contribution in [0.3, 0.4) is 0 Å².